The SMILES string of the molecule is COc1cc(OC)c(OC)cc1CNC(=O)c1cc(Cl)cc2cccnc12. The maximum atomic E-state index is 12.8. The van der Waals surface area contributed by atoms with Crippen molar-refractivity contribution in [2.45, 2.75) is 6.54 Å². The van der Waals surface area contributed by atoms with Gasteiger partial charge in [-0.3, -0.25) is 9.78 Å². The van der Waals surface area contributed by atoms with E-state index < -0.39 is 0 Å². The number of nitrogens with one attached hydrogen (secondary N) is 1. The number of rotatable bonds is 6. The molecule has 0 spiro atoms. The quantitative estimate of drug-likeness (QED) is 0.697. The van der Waals surface area contributed by atoms with E-state index >= 15 is 0 Å². The second-order valence-electron chi connectivity index (χ2n) is 5.73. The first-order valence-electron chi connectivity index (χ1n) is 8.18. The second-order valence-corrected chi connectivity index (χ2v) is 6.17. The molecule has 0 fully saturated rings. The summed E-state index contributed by atoms with van der Waals surface area (Å²) in [6.45, 7) is 0.239. The third kappa shape index (κ3) is 3.90. The van der Waals surface area contributed by atoms with Crippen molar-refractivity contribution in [3.63, 3.8) is 0 Å². The molecular weight excluding hydrogens is 368 g/mol. The smallest absolute Gasteiger partial charge is 0.253 e. The van der Waals surface area contributed by atoms with Crippen LogP contribution < -0.4 is 19.5 Å². The van der Waals surface area contributed by atoms with Crippen molar-refractivity contribution < 1.29 is 19.0 Å². The number of benzene rings is 2. The predicted octanol–water partition coefficient (Wildman–Crippen LogP) is 3.84. The van der Waals surface area contributed by atoms with E-state index in [4.69, 9.17) is 25.8 Å². The first-order valence-corrected chi connectivity index (χ1v) is 8.56. The fourth-order valence-corrected chi connectivity index (χ4v) is 3.06. The number of fused-ring (bicyclic) bond motifs is 1. The van der Waals surface area contributed by atoms with Gasteiger partial charge in [0.05, 0.1) is 32.4 Å². The fraction of sp³-hybridized carbons (Fsp3) is 0.200. The van der Waals surface area contributed by atoms with Gasteiger partial charge in [0.2, 0.25) is 0 Å². The number of pyridine rings is 1. The van der Waals surface area contributed by atoms with E-state index in [-0.39, 0.29) is 12.5 Å². The average molecular weight is 387 g/mol. The lowest BCUT2D eigenvalue weighted by Crippen LogP contribution is -2.23. The summed E-state index contributed by atoms with van der Waals surface area (Å²) in [5.74, 6) is 1.41. The lowest BCUT2D eigenvalue weighted by Gasteiger charge is -2.15. The van der Waals surface area contributed by atoms with Crippen LogP contribution in [0.1, 0.15) is 15.9 Å². The van der Waals surface area contributed by atoms with E-state index in [1.165, 1.54) is 0 Å². The van der Waals surface area contributed by atoms with Gasteiger partial charge in [-0.2, -0.15) is 0 Å². The molecule has 3 aromatic rings. The molecule has 3 rings (SSSR count). The van der Waals surface area contributed by atoms with Gasteiger partial charge in [-0.15, -0.1) is 0 Å². The number of amides is 1. The van der Waals surface area contributed by atoms with E-state index in [0.717, 1.165) is 10.9 Å². The lowest BCUT2D eigenvalue weighted by molar-refractivity contribution is 0.0952. The van der Waals surface area contributed by atoms with Gasteiger partial charge in [0.1, 0.15) is 5.75 Å². The van der Waals surface area contributed by atoms with Crippen molar-refractivity contribution >= 4 is 28.4 Å². The number of methoxy groups -OCH3 is 3. The normalized spacial score (nSPS) is 10.5. The molecule has 6 nitrogen and oxygen atoms in total. The highest BCUT2D eigenvalue weighted by Crippen LogP contribution is 2.34. The van der Waals surface area contributed by atoms with Gasteiger partial charge in [0, 0.05) is 34.8 Å². The van der Waals surface area contributed by atoms with E-state index in [1.807, 2.05) is 6.07 Å². The Morgan fingerprint density at radius 3 is 2.44 bits per heavy atom. The summed E-state index contributed by atoms with van der Waals surface area (Å²) in [6.07, 6.45) is 1.64. The minimum Gasteiger partial charge on any atom is -0.496 e. The molecule has 0 aliphatic carbocycles. The Hall–Kier alpha value is -2.99. The number of hydrogen-bond donors (Lipinski definition) is 1. The van der Waals surface area contributed by atoms with Crippen LogP contribution in [0.5, 0.6) is 17.2 Å². The predicted molar refractivity (Wildman–Crippen MR) is 104 cm³/mol. The number of ether oxygens (including phenoxy) is 3. The molecule has 1 N–H and O–H groups in total. The Bertz CT molecular complexity index is 991. The minimum absolute atomic E-state index is 0.239. The largest absolute Gasteiger partial charge is 0.496 e. The van der Waals surface area contributed by atoms with Crippen LogP contribution in [0.2, 0.25) is 5.02 Å². The topological polar surface area (TPSA) is 69.7 Å². The molecule has 0 unspecified atom stereocenters. The molecule has 0 bridgehead atoms. The third-order valence-corrected chi connectivity index (χ3v) is 4.36. The molecular formula is C20H19ClN2O4. The summed E-state index contributed by atoms with van der Waals surface area (Å²) in [4.78, 5) is 17.1. The first-order chi connectivity index (χ1) is 13.1. The molecule has 0 aliphatic rings. The zero-order valence-corrected chi connectivity index (χ0v) is 16.0. The molecule has 0 saturated carbocycles. The van der Waals surface area contributed by atoms with Crippen molar-refractivity contribution in [3.8, 4) is 17.2 Å². The van der Waals surface area contributed by atoms with Crippen LogP contribution in [0, 0.1) is 0 Å². The maximum absolute atomic E-state index is 12.8. The number of nitrogens with zero attached hydrogens (tertiary/aromatic N) is 1. The van der Waals surface area contributed by atoms with E-state index in [2.05, 4.69) is 10.3 Å². The monoisotopic (exact) mass is 386 g/mol. The fourth-order valence-electron chi connectivity index (χ4n) is 2.83. The van der Waals surface area contributed by atoms with Crippen LogP contribution in [0.15, 0.2) is 42.6 Å². The third-order valence-electron chi connectivity index (χ3n) is 4.14. The average Bonchev–Trinajstić information content (AvgIpc) is 2.70. The number of halogens is 1. The van der Waals surface area contributed by atoms with Crippen LogP contribution in [-0.2, 0) is 6.54 Å². The molecule has 27 heavy (non-hydrogen) atoms. The highest BCUT2D eigenvalue weighted by atomic mass is 35.5. The Morgan fingerprint density at radius 1 is 1.04 bits per heavy atom. The van der Waals surface area contributed by atoms with E-state index in [1.54, 1.807) is 57.9 Å². The van der Waals surface area contributed by atoms with Gasteiger partial charge >= 0.3 is 0 Å². The first kappa shape index (κ1) is 18.8. The minimum atomic E-state index is -0.280. The van der Waals surface area contributed by atoms with Gasteiger partial charge in [-0.25, -0.2) is 0 Å². The second kappa shape index (κ2) is 8.14. The molecule has 0 radical (unpaired) electrons. The van der Waals surface area contributed by atoms with Crippen molar-refractivity contribution in [2.75, 3.05) is 21.3 Å². The van der Waals surface area contributed by atoms with E-state index in [9.17, 15) is 4.79 Å². The zero-order chi connectivity index (χ0) is 19.4. The standard InChI is InChI=1S/C20H19ClN2O4/c1-25-16-10-18(27-3)17(26-2)8-13(16)11-23-20(24)15-9-14(21)7-12-5-4-6-22-19(12)15/h4-10H,11H2,1-3H3,(H,23,24). The lowest BCUT2D eigenvalue weighted by atomic mass is 10.1. The number of carbonyl (C=O) groups excluding carboxylic acids is 1. The molecule has 0 aliphatic heterocycles. The van der Waals surface area contributed by atoms with Crippen LogP contribution >= 0.6 is 11.6 Å². The summed E-state index contributed by atoms with van der Waals surface area (Å²) < 4.78 is 16.0. The van der Waals surface area contributed by atoms with Crippen LogP contribution in [0.3, 0.4) is 0 Å². The van der Waals surface area contributed by atoms with Crippen molar-refractivity contribution in [1.29, 1.82) is 0 Å². The molecule has 1 amide bonds. The Morgan fingerprint density at radius 2 is 1.74 bits per heavy atom. The van der Waals surface area contributed by atoms with Crippen LogP contribution in [0.4, 0.5) is 0 Å². The summed E-state index contributed by atoms with van der Waals surface area (Å²) >= 11 is 6.15. The Kier molecular flexibility index (Phi) is 5.66. The molecule has 140 valence electrons. The Balaban J connectivity index is 1.88. The Labute approximate surface area is 162 Å². The van der Waals surface area contributed by atoms with Gasteiger partial charge in [-0.05, 0) is 24.3 Å². The number of hydrogen-bond acceptors (Lipinski definition) is 5. The summed E-state index contributed by atoms with van der Waals surface area (Å²) in [7, 11) is 4.66. The van der Waals surface area contributed by atoms with Gasteiger partial charge in [0.15, 0.2) is 11.5 Å². The van der Waals surface area contributed by atoms with Gasteiger partial charge in [-0.1, -0.05) is 17.7 Å². The highest BCUT2D eigenvalue weighted by Gasteiger charge is 2.15. The highest BCUT2D eigenvalue weighted by molar-refractivity contribution is 6.32. The van der Waals surface area contributed by atoms with Crippen LogP contribution in [-0.4, -0.2) is 32.2 Å². The van der Waals surface area contributed by atoms with E-state index in [0.29, 0.717) is 33.4 Å². The van der Waals surface area contributed by atoms with Gasteiger partial charge in [0.25, 0.3) is 5.91 Å². The summed E-state index contributed by atoms with van der Waals surface area (Å²) in [6, 6.07) is 10.5. The molecule has 2 aromatic carbocycles. The van der Waals surface area contributed by atoms with Crippen molar-refractivity contribution in [2.24, 2.45) is 0 Å². The zero-order valence-electron chi connectivity index (χ0n) is 15.2. The molecule has 0 saturated heterocycles. The molecule has 1 aromatic heterocycles. The van der Waals surface area contributed by atoms with Crippen molar-refractivity contribution in [1.82, 2.24) is 10.3 Å². The summed E-state index contributed by atoms with van der Waals surface area (Å²) in [5.41, 5.74) is 1.76. The van der Waals surface area contributed by atoms with Crippen molar-refractivity contribution in [3.05, 3.63) is 58.7 Å². The molecule has 7 heteroatoms. The molecule has 1 heterocycles. The van der Waals surface area contributed by atoms with Crippen LogP contribution in [0.25, 0.3) is 10.9 Å². The number of aromatic nitrogens is 1. The van der Waals surface area contributed by atoms with Gasteiger partial charge < -0.3 is 19.5 Å². The number of carbonyl (C=O) groups is 1. The molecule has 0 atom stereocenters. The summed E-state index contributed by atoms with van der Waals surface area (Å²) in [5, 5.41) is 4.16. The maximum Gasteiger partial charge on any atom is 0.253 e.